The van der Waals surface area contributed by atoms with Crippen molar-refractivity contribution in [3.8, 4) is 11.8 Å². The van der Waals surface area contributed by atoms with Gasteiger partial charge >= 0.3 is 5.00 Å². The number of rotatable bonds is 7. The molecule has 1 aromatic carbocycles. The van der Waals surface area contributed by atoms with Crippen molar-refractivity contribution in [1.82, 2.24) is 4.98 Å². The normalized spacial score (nSPS) is 10.6. The molecule has 0 amide bonds. The third-order valence-electron chi connectivity index (χ3n) is 3.43. The summed E-state index contributed by atoms with van der Waals surface area (Å²) in [4.78, 5) is 15.6. The zero-order valence-corrected chi connectivity index (χ0v) is 15.3. The van der Waals surface area contributed by atoms with Gasteiger partial charge < -0.3 is 9.47 Å². The predicted octanol–water partition coefficient (Wildman–Crippen LogP) is 4.25. The maximum Gasteiger partial charge on any atom is 0.325 e. The average molecular weight is 387 g/mol. The Morgan fingerprint density at radius 2 is 2.19 bits per heavy atom. The fourth-order valence-corrected chi connectivity index (χ4v) is 4.25. The van der Waals surface area contributed by atoms with E-state index in [1.54, 1.807) is 31.5 Å². The van der Waals surface area contributed by atoms with Crippen LogP contribution in [0.4, 0.5) is 5.00 Å². The van der Waals surface area contributed by atoms with Crippen LogP contribution in [0.5, 0.6) is 5.75 Å². The standard InChI is InChI=1S/C17H13N3O4S2/c1-23-6-7-24-14-9-13-12(8-11(14)10-18)15(4-5-19-13)25-17-3-2-16(26-17)20(21)22/h2-5,8-9H,6-7H2,1H3. The molecular formula is C17H13N3O4S2. The van der Waals surface area contributed by atoms with E-state index in [9.17, 15) is 15.4 Å². The van der Waals surface area contributed by atoms with Crippen molar-refractivity contribution >= 4 is 39.0 Å². The monoisotopic (exact) mass is 387 g/mol. The fraction of sp³-hybridized carbons (Fsp3) is 0.176. The molecule has 0 fully saturated rings. The van der Waals surface area contributed by atoms with Crippen LogP contribution in [0, 0.1) is 21.4 Å². The first-order valence-corrected chi connectivity index (χ1v) is 9.12. The molecular weight excluding hydrogens is 374 g/mol. The lowest BCUT2D eigenvalue weighted by Gasteiger charge is -2.10. The number of nitrogens with zero attached hydrogens (tertiary/aromatic N) is 3. The number of fused-ring (bicyclic) bond motifs is 1. The Labute approximate surface area is 157 Å². The third kappa shape index (κ3) is 3.94. The number of benzene rings is 1. The second kappa shape index (κ2) is 8.14. The van der Waals surface area contributed by atoms with Crippen LogP contribution in [-0.4, -0.2) is 30.2 Å². The van der Waals surface area contributed by atoms with Gasteiger partial charge in [0, 0.05) is 35.7 Å². The van der Waals surface area contributed by atoms with Crippen LogP contribution < -0.4 is 4.74 Å². The van der Waals surface area contributed by atoms with E-state index in [0.717, 1.165) is 25.8 Å². The van der Waals surface area contributed by atoms with Crippen LogP contribution in [0.3, 0.4) is 0 Å². The number of nitriles is 1. The Morgan fingerprint density at radius 3 is 2.88 bits per heavy atom. The molecule has 0 aliphatic heterocycles. The number of hydrogen-bond acceptors (Lipinski definition) is 8. The third-order valence-corrected chi connectivity index (χ3v) is 5.67. The zero-order chi connectivity index (χ0) is 18.5. The SMILES string of the molecule is COCCOc1cc2nccc(Sc3ccc([N+](=O)[O-])s3)c2cc1C#N. The maximum absolute atomic E-state index is 10.8. The number of pyridine rings is 1. The van der Waals surface area contributed by atoms with Crippen molar-refractivity contribution in [2.24, 2.45) is 0 Å². The van der Waals surface area contributed by atoms with Crippen LogP contribution >= 0.6 is 23.1 Å². The molecule has 26 heavy (non-hydrogen) atoms. The molecule has 7 nitrogen and oxygen atoms in total. The number of thiophene rings is 1. The summed E-state index contributed by atoms with van der Waals surface area (Å²) in [5.41, 5.74) is 1.09. The van der Waals surface area contributed by atoms with Gasteiger partial charge in [-0.1, -0.05) is 23.1 Å². The van der Waals surface area contributed by atoms with E-state index in [4.69, 9.17) is 9.47 Å². The fourth-order valence-electron chi connectivity index (χ4n) is 2.25. The number of nitro groups is 1. The van der Waals surface area contributed by atoms with Gasteiger partial charge in [0.05, 0.1) is 26.8 Å². The maximum atomic E-state index is 10.8. The van der Waals surface area contributed by atoms with Crippen LogP contribution in [-0.2, 0) is 4.74 Å². The summed E-state index contributed by atoms with van der Waals surface area (Å²) in [7, 11) is 1.58. The van der Waals surface area contributed by atoms with Gasteiger partial charge in [-0.05, 0) is 18.2 Å². The van der Waals surface area contributed by atoms with Crippen molar-refractivity contribution in [3.63, 3.8) is 0 Å². The molecule has 0 spiro atoms. The molecule has 0 bridgehead atoms. The molecule has 0 aliphatic rings. The summed E-state index contributed by atoms with van der Waals surface area (Å²) in [6.07, 6.45) is 1.66. The first-order chi connectivity index (χ1) is 12.6. The molecule has 0 radical (unpaired) electrons. The number of hydrogen-bond donors (Lipinski definition) is 0. The highest BCUT2D eigenvalue weighted by molar-refractivity contribution is 8.01. The van der Waals surface area contributed by atoms with E-state index in [0.29, 0.717) is 30.0 Å². The van der Waals surface area contributed by atoms with E-state index in [2.05, 4.69) is 11.1 Å². The van der Waals surface area contributed by atoms with Crippen LogP contribution in [0.1, 0.15) is 5.56 Å². The van der Waals surface area contributed by atoms with Crippen LogP contribution in [0.25, 0.3) is 10.9 Å². The highest BCUT2D eigenvalue weighted by Crippen LogP contribution is 2.40. The number of aromatic nitrogens is 1. The molecule has 2 heterocycles. The number of ether oxygens (including phenoxy) is 2. The molecule has 0 atom stereocenters. The molecule has 3 rings (SSSR count). The second-order valence-electron chi connectivity index (χ2n) is 5.08. The summed E-state index contributed by atoms with van der Waals surface area (Å²) in [5, 5.41) is 21.2. The smallest absolute Gasteiger partial charge is 0.325 e. The summed E-state index contributed by atoms with van der Waals surface area (Å²) < 4.78 is 11.3. The van der Waals surface area contributed by atoms with E-state index in [1.165, 1.54) is 17.8 Å². The molecule has 132 valence electrons. The van der Waals surface area contributed by atoms with Gasteiger partial charge in [0.1, 0.15) is 18.4 Å². The van der Waals surface area contributed by atoms with Gasteiger partial charge in [-0.25, -0.2) is 0 Å². The second-order valence-corrected chi connectivity index (χ2v) is 7.48. The first kappa shape index (κ1) is 18.1. The summed E-state index contributed by atoms with van der Waals surface area (Å²) in [5.74, 6) is 0.457. The summed E-state index contributed by atoms with van der Waals surface area (Å²) in [6.45, 7) is 0.757. The highest BCUT2D eigenvalue weighted by atomic mass is 32.2. The minimum absolute atomic E-state index is 0.0948. The Balaban J connectivity index is 1.96. The molecule has 0 N–H and O–H groups in total. The van der Waals surface area contributed by atoms with Crippen molar-refractivity contribution in [3.05, 3.63) is 52.2 Å². The molecule has 0 aliphatic carbocycles. The van der Waals surface area contributed by atoms with Crippen molar-refractivity contribution in [2.45, 2.75) is 9.10 Å². The van der Waals surface area contributed by atoms with Crippen LogP contribution in [0.15, 0.2) is 45.6 Å². The molecule has 0 unspecified atom stereocenters. The minimum Gasteiger partial charge on any atom is -0.490 e. The van der Waals surface area contributed by atoms with E-state index >= 15 is 0 Å². The minimum atomic E-state index is -0.406. The van der Waals surface area contributed by atoms with Gasteiger partial charge in [0.2, 0.25) is 0 Å². The quantitative estimate of drug-likeness (QED) is 0.339. The van der Waals surface area contributed by atoms with Crippen molar-refractivity contribution < 1.29 is 14.4 Å². The predicted molar refractivity (Wildman–Crippen MR) is 98.9 cm³/mol. The lowest BCUT2D eigenvalue weighted by atomic mass is 10.1. The molecule has 0 saturated carbocycles. The Morgan fingerprint density at radius 1 is 1.35 bits per heavy atom. The highest BCUT2D eigenvalue weighted by Gasteiger charge is 2.14. The molecule has 9 heteroatoms. The van der Waals surface area contributed by atoms with Crippen molar-refractivity contribution in [2.75, 3.05) is 20.3 Å². The number of methoxy groups -OCH3 is 1. The van der Waals surface area contributed by atoms with E-state index in [1.807, 2.05) is 6.07 Å². The molecule has 2 aromatic heterocycles. The van der Waals surface area contributed by atoms with Crippen LogP contribution in [0.2, 0.25) is 0 Å². The van der Waals surface area contributed by atoms with Crippen molar-refractivity contribution in [1.29, 1.82) is 5.26 Å². The summed E-state index contributed by atoms with van der Waals surface area (Å²) >= 11 is 2.52. The summed E-state index contributed by atoms with van der Waals surface area (Å²) in [6, 6.07) is 10.6. The van der Waals surface area contributed by atoms with Gasteiger partial charge in [0.25, 0.3) is 0 Å². The lowest BCUT2D eigenvalue weighted by Crippen LogP contribution is -2.05. The van der Waals surface area contributed by atoms with Gasteiger partial charge in [0.15, 0.2) is 0 Å². The van der Waals surface area contributed by atoms with Gasteiger partial charge in [-0.15, -0.1) is 0 Å². The molecule has 0 saturated heterocycles. The van der Waals surface area contributed by atoms with Gasteiger partial charge in [-0.2, -0.15) is 5.26 Å². The zero-order valence-electron chi connectivity index (χ0n) is 13.7. The Bertz CT molecular complexity index is 997. The first-order valence-electron chi connectivity index (χ1n) is 7.49. The largest absolute Gasteiger partial charge is 0.490 e. The lowest BCUT2D eigenvalue weighted by molar-refractivity contribution is -0.380. The van der Waals surface area contributed by atoms with Gasteiger partial charge in [-0.3, -0.25) is 15.1 Å². The molecule has 3 aromatic rings. The Kier molecular flexibility index (Phi) is 5.68. The van der Waals surface area contributed by atoms with E-state index < -0.39 is 4.92 Å². The average Bonchev–Trinajstić information content (AvgIpc) is 3.10. The van der Waals surface area contributed by atoms with E-state index in [-0.39, 0.29) is 5.00 Å². The topological polar surface area (TPSA) is 98.3 Å². The Hall–Kier alpha value is -2.67.